The first kappa shape index (κ1) is 12.9. The quantitative estimate of drug-likeness (QED) is 0.629. The van der Waals surface area contributed by atoms with Crippen molar-refractivity contribution in [2.75, 3.05) is 26.0 Å². The van der Waals surface area contributed by atoms with Gasteiger partial charge >= 0.3 is 5.97 Å². The predicted molar refractivity (Wildman–Crippen MR) is 64.8 cm³/mol. The maximum atomic E-state index is 11.4. The van der Waals surface area contributed by atoms with Crippen LogP contribution in [0.15, 0.2) is 5.38 Å². The molecule has 1 N–H and O–H groups in total. The van der Waals surface area contributed by atoms with Crippen LogP contribution < -0.4 is 5.32 Å². The number of carbonyl (C=O) groups is 1. The first-order chi connectivity index (χ1) is 7.54. The maximum absolute atomic E-state index is 11.4. The third-order valence-electron chi connectivity index (χ3n) is 2.10. The SMILES string of the molecule is CCOC(=O)c1csc(NC(C)N(C)C)n1. The highest BCUT2D eigenvalue weighted by Crippen LogP contribution is 2.17. The molecule has 6 heteroatoms. The summed E-state index contributed by atoms with van der Waals surface area (Å²) in [6.07, 6.45) is 0.168. The lowest BCUT2D eigenvalue weighted by Gasteiger charge is -2.20. The van der Waals surface area contributed by atoms with E-state index in [9.17, 15) is 4.79 Å². The summed E-state index contributed by atoms with van der Waals surface area (Å²) in [4.78, 5) is 17.5. The highest BCUT2D eigenvalue weighted by molar-refractivity contribution is 7.13. The van der Waals surface area contributed by atoms with Crippen molar-refractivity contribution >= 4 is 22.4 Å². The third-order valence-corrected chi connectivity index (χ3v) is 2.87. The van der Waals surface area contributed by atoms with Crippen molar-refractivity contribution < 1.29 is 9.53 Å². The van der Waals surface area contributed by atoms with Crippen LogP contribution in [0.5, 0.6) is 0 Å². The van der Waals surface area contributed by atoms with E-state index in [0.717, 1.165) is 5.13 Å². The average Bonchev–Trinajstić information content (AvgIpc) is 2.66. The summed E-state index contributed by atoms with van der Waals surface area (Å²) in [5.41, 5.74) is 0.361. The second-order valence-corrected chi connectivity index (χ2v) is 4.40. The van der Waals surface area contributed by atoms with Crippen molar-refractivity contribution in [2.45, 2.75) is 20.0 Å². The normalized spacial score (nSPS) is 12.6. The number of nitrogens with one attached hydrogen (secondary N) is 1. The zero-order valence-corrected chi connectivity index (χ0v) is 10.8. The molecule has 0 bridgehead atoms. The molecule has 0 spiro atoms. The van der Waals surface area contributed by atoms with Gasteiger partial charge in [-0.25, -0.2) is 9.78 Å². The lowest BCUT2D eigenvalue weighted by atomic mass is 10.5. The number of aromatic nitrogens is 1. The van der Waals surface area contributed by atoms with Crippen LogP contribution >= 0.6 is 11.3 Å². The van der Waals surface area contributed by atoms with Crippen LogP contribution in [-0.4, -0.2) is 42.7 Å². The summed E-state index contributed by atoms with van der Waals surface area (Å²) >= 11 is 1.40. The lowest BCUT2D eigenvalue weighted by Crippen LogP contribution is -2.32. The molecule has 1 unspecified atom stereocenters. The van der Waals surface area contributed by atoms with E-state index in [1.54, 1.807) is 12.3 Å². The minimum absolute atomic E-state index is 0.168. The maximum Gasteiger partial charge on any atom is 0.357 e. The minimum atomic E-state index is -0.371. The van der Waals surface area contributed by atoms with Gasteiger partial charge in [0, 0.05) is 5.38 Å². The summed E-state index contributed by atoms with van der Waals surface area (Å²) in [7, 11) is 3.94. The monoisotopic (exact) mass is 243 g/mol. The van der Waals surface area contributed by atoms with E-state index in [1.807, 2.05) is 25.9 Å². The molecule has 0 fully saturated rings. The number of anilines is 1. The topological polar surface area (TPSA) is 54.5 Å². The number of carbonyl (C=O) groups excluding carboxylic acids is 1. The number of hydrogen-bond donors (Lipinski definition) is 1. The number of rotatable bonds is 5. The fraction of sp³-hybridized carbons (Fsp3) is 0.600. The lowest BCUT2D eigenvalue weighted by molar-refractivity contribution is 0.0520. The van der Waals surface area contributed by atoms with Crippen LogP contribution in [0.3, 0.4) is 0 Å². The summed E-state index contributed by atoms with van der Waals surface area (Å²) in [6.45, 7) is 4.16. The molecule has 1 atom stereocenters. The Morgan fingerprint density at radius 3 is 2.94 bits per heavy atom. The molecule has 0 aliphatic rings. The fourth-order valence-electron chi connectivity index (χ4n) is 0.947. The Morgan fingerprint density at radius 2 is 2.38 bits per heavy atom. The van der Waals surface area contributed by atoms with Crippen LogP contribution in [0.25, 0.3) is 0 Å². The van der Waals surface area contributed by atoms with Crippen molar-refractivity contribution in [3.63, 3.8) is 0 Å². The van der Waals surface area contributed by atoms with Crippen LogP contribution in [0.4, 0.5) is 5.13 Å². The van der Waals surface area contributed by atoms with E-state index in [2.05, 4.69) is 10.3 Å². The first-order valence-corrected chi connectivity index (χ1v) is 5.98. The average molecular weight is 243 g/mol. The van der Waals surface area contributed by atoms with Gasteiger partial charge in [-0.15, -0.1) is 11.3 Å². The Labute approximate surface area is 99.4 Å². The highest BCUT2D eigenvalue weighted by Gasteiger charge is 2.13. The molecule has 0 radical (unpaired) electrons. The molecule has 0 aliphatic heterocycles. The van der Waals surface area contributed by atoms with E-state index in [4.69, 9.17) is 4.74 Å². The first-order valence-electron chi connectivity index (χ1n) is 5.10. The molecule has 5 nitrogen and oxygen atoms in total. The second kappa shape index (κ2) is 5.81. The smallest absolute Gasteiger partial charge is 0.357 e. The van der Waals surface area contributed by atoms with Gasteiger partial charge in [0.15, 0.2) is 10.8 Å². The molecule has 90 valence electrons. The number of nitrogens with zero attached hydrogens (tertiary/aromatic N) is 2. The standard InChI is InChI=1S/C10H17N3O2S/c1-5-15-9(14)8-6-16-10(12-8)11-7(2)13(3)4/h6-7H,5H2,1-4H3,(H,11,12). The van der Waals surface area contributed by atoms with Gasteiger partial charge < -0.3 is 10.1 Å². The van der Waals surface area contributed by atoms with Gasteiger partial charge in [-0.2, -0.15) is 0 Å². The summed E-state index contributed by atoms with van der Waals surface area (Å²) in [5.74, 6) is -0.371. The number of hydrogen-bond acceptors (Lipinski definition) is 6. The number of ether oxygens (including phenoxy) is 1. The van der Waals surface area contributed by atoms with Crippen molar-refractivity contribution in [3.05, 3.63) is 11.1 Å². The molecule has 0 aromatic carbocycles. The van der Waals surface area contributed by atoms with Gasteiger partial charge in [0.25, 0.3) is 0 Å². The van der Waals surface area contributed by atoms with Crippen LogP contribution in [0.1, 0.15) is 24.3 Å². The van der Waals surface area contributed by atoms with Crippen molar-refractivity contribution in [3.8, 4) is 0 Å². The van der Waals surface area contributed by atoms with Gasteiger partial charge in [-0.05, 0) is 27.9 Å². The zero-order chi connectivity index (χ0) is 12.1. The molecule has 0 saturated heterocycles. The third kappa shape index (κ3) is 3.46. The Kier molecular flexibility index (Phi) is 4.70. The van der Waals surface area contributed by atoms with Gasteiger partial charge in [0.2, 0.25) is 0 Å². The molecule has 1 aromatic heterocycles. The zero-order valence-electron chi connectivity index (χ0n) is 9.98. The Hall–Kier alpha value is -1.14. The van der Waals surface area contributed by atoms with Crippen molar-refractivity contribution in [1.29, 1.82) is 0 Å². The molecular formula is C10H17N3O2S. The van der Waals surface area contributed by atoms with Gasteiger partial charge in [0.05, 0.1) is 12.8 Å². The fourth-order valence-corrected chi connectivity index (χ4v) is 1.71. The Balaban J connectivity index is 2.61. The van der Waals surface area contributed by atoms with E-state index in [1.165, 1.54) is 11.3 Å². The summed E-state index contributed by atoms with van der Waals surface area (Å²) in [5, 5.41) is 5.61. The van der Waals surface area contributed by atoms with E-state index in [0.29, 0.717) is 12.3 Å². The molecular weight excluding hydrogens is 226 g/mol. The van der Waals surface area contributed by atoms with Crippen LogP contribution in [0, 0.1) is 0 Å². The molecule has 0 amide bonds. The van der Waals surface area contributed by atoms with Gasteiger partial charge in [0.1, 0.15) is 0 Å². The Morgan fingerprint density at radius 1 is 1.69 bits per heavy atom. The number of esters is 1. The Bertz CT molecular complexity index is 352. The van der Waals surface area contributed by atoms with Crippen molar-refractivity contribution in [2.24, 2.45) is 0 Å². The molecule has 1 aromatic rings. The van der Waals surface area contributed by atoms with Crippen LogP contribution in [0.2, 0.25) is 0 Å². The number of thiazole rings is 1. The molecule has 0 saturated carbocycles. The predicted octanol–water partition coefficient (Wildman–Crippen LogP) is 1.64. The molecule has 16 heavy (non-hydrogen) atoms. The molecule has 1 rings (SSSR count). The van der Waals surface area contributed by atoms with E-state index < -0.39 is 0 Å². The van der Waals surface area contributed by atoms with E-state index in [-0.39, 0.29) is 12.1 Å². The highest BCUT2D eigenvalue weighted by atomic mass is 32.1. The van der Waals surface area contributed by atoms with Crippen LogP contribution in [-0.2, 0) is 4.74 Å². The van der Waals surface area contributed by atoms with Gasteiger partial charge in [-0.3, -0.25) is 4.90 Å². The van der Waals surface area contributed by atoms with E-state index >= 15 is 0 Å². The van der Waals surface area contributed by atoms with Crippen molar-refractivity contribution in [1.82, 2.24) is 9.88 Å². The largest absolute Gasteiger partial charge is 0.461 e. The second-order valence-electron chi connectivity index (χ2n) is 3.54. The van der Waals surface area contributed by atoms with Gasteiger partial charge in [-0.1, -0.05) is 0 Å². The molecule has 1 heterocycles. The summed E-state index contributed by atoms with van der Waals surface area (Å²) < 4.78 is 4.86. The minimum Gasteiger partial charge on any atom is -0.461 e. The molecule has 0 aliphatic carbocycles. The summed E-state index contributed by atoms with van der Waals surface area (Å²) in [6, 6.07) is 0.